The van der Waals surface area contributed by atoms with E-state index in [0.29, 0.717) is 19.5 Å². The van der Waals surface area contributed by atoms with Gasteiger partial charge in [-0.2, -0.15) is 0 Å². The fraction of sp³-hybridized carbons (Fsp3) is 0.500. The zero-order valence-electron chi connectivity index (χ0n) is 10.7. The molecule has 0 radical (unpaired) electrons. The average Bonchev–Trinajstić information content (AvgIpc) is 2.38. The monoisotopic (exact) mass is 251 g/mol. The van der Waals surface area contributed by atoms with Crippen LogP contribution in [-0.4, -0.2) is 30.0 Å². The Morgan fingerprint density at radius 3 is 2.67 bits per heavy atom. The molecule has 2 unspecified atom stereocenters. The Balaban J connectivity index is 2.13. The van der Waals surface area contributed by atoms with E-state index in [1.165, 1.54) is 12.1 Å². The van der Waals surface area contributed by atoms with Gasteiger partial charge in [-0.1, -0.05) is 19.1 Å². The number of ether oxygens (including phenoxy) is 1. The van der Waals surface area contributed by atoms with Crippen LogP contribution in [0.15, 0.2) is 24.3 Å². The molecular weight excluding hydrogens is 233 g/mol. The first-order valence-corrected chi connectivity index (χ1v) is 6.29. The maximum absolute atomic E-state index is 12.9. The number of hydrogen-bond donors (Lipinski definition) is 0. The molecule has 2 rings (SSSR count). The summed E-state index contributed by atoms with van der Waals surface area (Å²) in [7, 11) is 0. The number of rotatable bonds is 2. The van der Waals surface area contributed by atoms with Crippen molar-refractivity contribution in [2.24, 2.45) is 0 Å². The zero-order chi connectivity index (χ0) is 13.1. The third-order valence-corrected chi connectivity index (χ3v) is 3.16. The summed E-state index contributed by atoms with van der Waals surface area (Å²) >= 11 is 0. The molecule has 0 aromatic heterocycles. The smallest absolute Gasteiger partial charge is 0.222 e. The first kappa shape index (κ1) is 13.0. The molecule has 2 atom stereocenters. The third-order valence-electron chi connectivity index (χ3n) is 3.16. The number of carbonyl (C=O) groups is 1. The summed E-state index contributed by atoms with van der Waals surface area (Å²) in [6, 6.07) is 6.27. The number of hydrogen-bond acceptors (Lipinski definition) is 2. The van der Waals surface area contributed by atoms with Crippen LogP contribution in [0, 0.1) is 5.82 Å². The van der Waals surface area contributed by atoms with Crippen LogP contribution in [0.25, 0.3) is 0 Å². The van der Waals surface area contributed by atoms with Gasteiger partial charge in [0.1, 0.15) is 11.9 Å². The topological polar surface area (TPSA) is 29.5 Å². The Bertz CT molecular complexity index is 418. The first-order valence-electron chi connectivity index (χ1n) is 6.29. The molecule has 1 fully saturated rings. The van der Waals surface area contributed by atoms with Gasteiger partial charge in [0.15, 0.2) is 0 Å². The van der Waals surface area contributed by atoms with E-state index in [2.05, 4.69) is 0 Å². The second-order valence-corrected chi connectivity index (χ2v) is 4.64. The molecule has 4 heteroatoms. The molecule has 1 amide bonds. The number of nitrogens with zero attached hydrogens (tertiary/aromatic N) is 1. The Labute approximate surface area is 107 Å². The highest BCUT2D eigenvalue weighted by molar-refractivity contribution is 5.76. The van der Waals surface area contributed by atoms with Gasteiger partial charge in [0.05, 0.1) is 12.6 Å². The molecule has 1 aliphatic rings. The second kappa shape index (κ2) is 5.48. The fourth-order valence-electron chi connectivity index (χ4n) is 2.24. The molecule has 0 aliphatic carbocycles. The predicted octanol–water partition coefficient (Wildman–Crippen LogP) is 2.52. The largest absolute Gasteiger partial charge is 0.367 e. The molecule has 0 saturated carbocycles. The van der Waals surface area contributed by atoms with E-state index < -0.39 is 0 Å². The van der Waals surface area contributed by atoms with Crippen molar-refractivity contribution >= 4 is 5.91 Å². The summed E-state index contributed by atoms with van der Waals surface area (Å²) in [5, 5.41) is 0. The van der Waals surface area contributed by atoms with Gasteiger partial charge in [0.2, 0.25) is 5.91 Å². The van der Waals surface area contributed by atoms with E-state index >= 15 is 0 Å². The van der Waals surface area contributed by atoms with Crippen molar-refractivity contribution in [1.82, 2.24) is 4.90 Å². The second-order valence-electron chi connectivity index (χ2n) is 4.64. The van der Waals surface area contributed by atoms with Crippen molar-refractivity contribution in [3.8, 4) is 0 Å². The summed E-state index contributed by atoms with van der Waals surface area (Å²) < 4.78 is 18.7. The minimum Gasteiger partial charge on any atom is -0.367 e. The summed E-state index contributed by atoms with van der Waals surface area (Å²) in [6.07, 6.45) is 0.345. The lowest BCUT2D eigenvalue weighted by Crippen LogP contribution is -2.45. The summed E-state index contributed by atoms with van der Waals surface area (Å²) in [4.78, 5) is 13.6. The molecule has 1 aromatic rings. The minimum absolute atomic E-state index is 0.00398. The summed E-state index contributed by atoms with van der Waals surface area (Å²) in [6.45, 7) is 4.98. The highest BCUT2D eigenvalue weighted by Crippen LogP contribution is 2.25. The molecular formula is C14H18FNO2. The van der Waals surface area contributed by atoms with Gasteiger partial charge < -0.3 is 9.64 Å². The van der Waals surface area contributed by atoms with Crippen LogP contribution >= 0.6 is 0 Å². The van der Waals surface area contributed by atoms with E-state index in [4.69, 9.17) is 4.74 Å². The number of amides is 1. The number of benzene rings is 1. The maximum Gasteiger partial charge on any atom is 0.222 e. The van der Waals surface area contributed by atoms with Crippen LogP contribution in [0.3, 0.4) is 0 Å². The lowest BCUT2D eigenvalue weighted by Gasteiger charge is -2.37. The number of halogens is 1. The number of carbonyl (C=O) groups excluding carboxylic acids is 1. The van der Waals surface area contributed by atoms with E-state index in [1.54, 1.807) is 12.1 Å². The van der Waals surface area contributed by atoms with Crippen LogP contribution in [0.4, 0.5) is 4.39 Å². The van der Waals surface area contributed by atoms with Crippen LogP contribution < -0.4 is 0 Å². The molecule has 1 aromatic carbocycles. The van der Waals surface area contributed by atoms with Crippen molar-refractivity contribution in [3.05, 3.63) is 35.6 Å². The average molecular weight is 251 g/mol. The van der Waals surface area contributed by atoms with Crippen molar-refractivity contribution < 1.29 is 13.9 Å². The lowest BCUT2D eigenvalue weighted by molar-refractivity contribution is -0.144. The molecule has 98 valence electrons. The van der Waals surface area contributed by atoms with Gasteiger partial charge in [0, 0.05) is 13.0 Å². The molecule has 0 N–H and O–H groups in total. The van der Waals surface area contributed by atoms with E-state index in [9.17, 15) is 9.18 Å². The molecule has 0 bridgehead atoms. The Kier molecular flexibility index (Phi) is 3.97. The standard InChI is InChI=1S/C14H18FNO2/c1-3-14(17)16-8-10(2)18-13(9-16)11-4-6-12(15)7-5-11/h4-7,10,13H,3,8-9H2,1-2H3. The Morgan fingerprint density at radius 2 is 2.06 bits per heavy atom. The lowest BCUT2D eigenvalue weighted by atomic mass is 10.1. The van der Waals surface area contributed by atoms with Crippen LogP contribution in [-0.2, 0) is 9.53 Å². The van der Waals surface area contributed by atoms with Crippen LogP contribution in [0.1, 0.15) is 31.9 Å². The molecule has 0 spiro atoms. The van der Waals surface area contributed by atoms with E-state index in [0.717, 1.165) is 5.56 Å². The summed E-state index contributed by atoms with van der Waals surface area (Å²) in [5.74, 6) is -0.124. The van der Waals surface area contributed by atoms with Crippen LogP contribution in [0.5, 0.6) is 0 Å². The molecule has 18 heavy (non-hydrogen) atoms. The fourth-order valence-corrected chi connectivity index (χ4v) is 2.24. The highest BCUT2D eigenvalue weighted by atomic mass is 19.1. The van der Waals surface area contributed by atoms with Crippen molar-refractivity contribution in [3.63, 3.8) is 0 Å². The Morgan fingerprint density at radius 1 is 1.39 bits per heavy atom. The van der Waals surface area contributed by atoms with Gasteiger partial charge >= 0.3 is 0 Å². The SMILES string of the molecule is CCC(=O)N1CC(C)OC(c2ccc(F)cc2)C1. The van der Waals surface area contributed by atoms with Crippen molar-refractivity contribution in [1.29, 1.82) is 0 Å². The zero-order valence-corrected chi connectivity index (χ0v) is 10.7. The van der Waals surface area contributed by atoms with E-state index in [-0.39, 0.29) is 23.9 Å². The normalized spacial score (nSPS) is 24.1. The predicted molar refractivity (Wildman–Crippen MR) is 66.6 cm³/mol. The third kappa shape index (κ3) is 2.88. The Hall–Kier alpha value is -1.42. The maximum atomic E-state index is 12.9. The molecule has 1 heterocycles. The molecule has 3 nitrogen and oxygen atoms in total. The van der Waals surface area contributed by atoms with Gasteiger partial charge in [0.25, 0.3) is 0 Å². The molecule has 1 aliphatic heterocycles. The molecule has 1 saturated heterocycles. The highest BCUT2D eigenvalue weighted by Gasteiger charge is 2.28. The summed E-state index contributed by atoms with van der Waals surface area (Å²) in [5.41, 5.74) is 0.914. The van der Waals surface area contributed by atoms with Crippen molar-refractivity contribution in [2.75, 3.05) is 13.1 Å². The minimum atomic E-state index is -0.260. The van der Waals surface area contributed by atoms with Crippen molar-refractivity contribution in [2.45, 2.75) is 32.5 Å². The first-order chi connectivity index (χ1) is 8.60. The van der Waals surface area contributed by atoms with Crippen LogP contribution in [0.2, 0.25) is 0 Å². The van der Waals surface area contributed by atoms with Gasteiger partial charge in [-0.3, -0.25) is 4.79 Å². The van der Waals surface area contributed by atoms with E-state index in [1.807, 2.05) is 18.7 Å². The van der Waals surface area contributed by atoms with Gasteiger partial charge in [-0.15, -0.1) is 0 Å². The quantitative estimate of drug-likeness (QED) is 0.808. The van der Waals surface area contributed by atoms with Gasteiger partial charge in [-0.05, 0) is 24.6 Å². The number of morpholine rings is 1. The van der Waals surface area contributed by atoms with Gasteiger partial charge in [-0.25, -0.2) is 4.39 Å².